The summed E-state index contributed by atoms with van der Waals surface area (Å²) in [6.07, 6.45) is 5.88. The van der Waals surface area contributed by atoms with E-state index in [4.69, 9.17) is 16.3 Å². The van der Waals surface area contributed by atoms with E-state index in [1.807, 2.05) is 12.1 Å². The van der Waals surface area contributed by atoms with Crippen LogP contribution in [0.2, 0.25) is 5.02 Å². The van der Waals surface area contributed by atoms with Crippen molar-refractivity contribution in [2.45, 2.75) is 58.2 Å². The van der Waals surface area contributed by atoms with E-state index in [0.29, 0.717) is 10.9 Å². The molecule has 3 atom stereocenters. The van der Waals surface area contributed by atoms with Gasteiger partial charge in [0.2, 0.25) is 0 Å². The maximum atomic E-state index is 9.54. The second-order valence-corrected chi connectivity index (χ2v) is 5.88. The van der Waals surface area contributed by atoms with Crippen molar-refractivity contribution < 1.29 is 9.84 Å². The number of halogens is 1. The fraction of sp³-hybridized carbons (Fsp3) is 0.625. The lowest BCUT2D eigenvalue weighted by Crippen LogP contribution is -2.30. The molecule has 0 aliphatic heterocycles. The molecule has 0 saturated heterocycles. The molecule has 106 valence electrons. The Labute approximate surface area is 120 Å². The molecule has 0 amide bonds. The van der Waals surface area contributed by atoms with E-state index in [1.165, 1.54) is 19.3 Å². The third-order valence-electron chi connectivity index (χ3n) is 4.08. The molecule has 2 rings (SSSR count). The summed E-state index contributed by atoms with van der Waals surface area (Å²) in [5.41, 5.74) is 0.827. The van der Waals surface area contributed by atoms with Gasteiger partial charge in [0, 0.05) is 0 Å². The van der Waals surface area contributed by atoms with Crippen molar-refractivity contribution in [1.82, 2.24) is 0 Å². The maximum absolute atomic E-state index is 9.54. The maximum Gasteiger partial charge on any atom is 0.138 e. The van der Waals surface area contributed by atoms with Gasteiger partial charge in [0.05, 0.1) is 11.1 Å². The molecule has 3 heteroatoms. The molecular formula is C16H23ClO2. The second kappa shape index (κ2) is 6.62. The lowest BCUT2D eigenvalue weighted by molar-refractivity contribution is 0.0904. The molecule has 19 heavy (non-hydrogen) atoms. The molecule has 1 fully saturated rings. The van der Waals surface area contributed by atoms with E-state index in [0.717, 1.165) is 24.2 Å². The lowest BCUT2D eigenvalue weighted by Gasteiger charge is -2.31. The van der Waals surface area contributed by atoms with Crippen molar-refractivity contribution >= 4 is 11.6 Å². The molecule has 1 N–H and O–H groups in total. The Morgan fingerprint density at radius 2 is 2.11 bits per heavy atom. The van der Waals surface area contributed by atoms with Crippen molar-refractivity contribution in [1.29, 1.82) is 0 Å². The van der Waals surface area contributed by atoms with Crippen LogP contribution in [0.1, 0.15) is 57.6 Å². The number of ether oxygens (including phenoxy) is 1. The van der Waals surface area contributed by atoms with Crippen LogP contribution in [0.15, 0.2) is 18.2 Å². The molecule has 2 nitrogen and oxygen atoms in total. The SMILES string of the molecule is CCC1CCCCC1Oc1ccc([C@H](C)O)cc1Cl. The van der Waals surface area contributed by atoms with Gasteiger partial charge in [-0.25, -0.2) is 0 Å². The highest BCUT2D eigenvalue weighted by atomic mass is 35.5. The number of aliphatic hydroxyl groups is 1. The zero-order chi connectivity index (χ0) is 13.8. The number of aliphatic hydroxyl groups excluding tert-OH is 1. The lowest BCUT2D eigenvalue weighted by atomic mass is 9.85. The van der Waals surface area contributed by atoms with Crippen LogP contribution in [0.25, 0.3) is 0 Å². The van der Waals surface area contributed by atoms with Gasteiger partial charge in [0.1, 0.15) is 11.9 Å². The van der Waals surface area contributed by atoms with Gasteiger partial charge in [-0.1, -0.05) is 31.0 Å². The molecule has 1 saturated carbocycles. The van der Waals surface area contributed by atoms with Crippen molar-refractivity contribution in [2.75, 3.05) is 0 Å². The molecule has 0 heterocycles. The van der Waals surface area contributed by atoms with Crippen LogP contribution in [0.5, 0.6) is 5.75 Å². The highest BCUT2D eigenvalue weighted by Crippen LogP contribution is 2.34. The Kier molecular flexibility index (Phi) is 5.12. The van der Waals surface area contributed by atoms with Crippen molar-refractivity contribution in [3.05, 3.63) is 28.8 Å². The highest BCUT2D eigenvalue weighted by Gasteiger charge is 2.25. The standard InChI is InChI=1S/C16H23ClO2/c1-3-12-6-4-5-7-15(12)19-16-9-8-13(11(2)18)10-14(16)17/h8-12,15,18H,3-7H2,1-2H3/t11-,12?,15?/m0/s1. The van der Waals surface area contributed by atoms with E-state index in [9.17, 15) is 5.11 Å². The normalized spacial score (nSPS) is 25.1. The zero-order valence-corrected chi connectivity index (χ0v) is 12.5. The Morgan fingerprint density at radius 1 is 1.37 bits per heavy atom. The summed E-state index contributed by atoms with van der Waals surface area (Å²) >= 11 is 6.25. The summed E-state index contributed by atoms with van der Waals surface area (Å²) in [6, 6.07) is 5.56. The fourth-order valence-corrected chi connectivity index (χ4v) is 3.06. The predicted octanol–water partition coefficient (Wildman–Crippen LogP) is 4.74. The fourth-order valence-electron chi connectivity index (χ4n) is 2.83. The summed E-state index contributed by atoms with van der Waals surface area (Å²) in [7, 11) is 0. The van der Waals surface area contributed by atoms with Crippen LogP contribution in [0.3, 0.4) is 0 Å². The summed E-state index contributed by atoms with van der Waals surface area (Å²) in [5, 5.41) is 10.1. The van der Waals surface area contributed by atoms with Gasteiger partial charge >= 0.3 is 0 Å². The molecule has 1 aliphatic carbocycles. The zero-order valence-electron chi connectivity index (χ0n) is 11.7. The van der Waals surface area contributed by atoms with Crippen LogP contribution in [-0.4, -0.2) is 11.2 Å². The smallest absolute Gasteiger partial charge is 0.138 e. The monoisotopic (exact) mass is 282 g/mol. The third-order valence-corrected chi connectivity index (χ3v) is 4.38. The average molecular weight is 283 g/mol. The number of rotatable bonds is 4. The van der Waals surface area contributed by atoms with E-state index in [2.05, 4.69) is 6.92 Å². The Balaban J connectivity index is 2.09. The van der Waals surface area contributed by atoms with Gasteiger partial charge in [-0.3, -0.25) is 0 Å². The summed E-state index contributed by atoms with van der Waals surface area (Å²) < 4.78 is 6.11. The summed E-state index contributed by atoms with van der Waals surface area (Å²) in [6.45, 7) is 3.96. The van der Waals surface area contributed by atoms with Crippen LogP contribution in [0, 0.1) is 5.92 Å². The molecule has 1 aliphatic rings. The largest absolute Gasteiger partial charge is 0.489 e. The van der Waals surface area contributed by atoms with Gasteiger partial charge in [-0.05, 0) is 56.2 Å². The third kappa shape index (κ3) is 3.64. The minimum atomic E-state index is -0.496. The summed E-state index contributed by atoms with van der Waals surface area (Å²) in [4.78, 5) is 0. The molecule has 2 unspecified atom stereocenters. The van der Waals surface area contributed by atoms with Crippen LogP contribution in [-0.2, 0) is 0 Å². The van der Waals surface area contributed by atoms with Crippen molar-refractivity contribution in [2.24, 2.45) is 5.92 Å². The minimum Gasteiger partial charge on any atom is -0.489 e. The number of hydrogen-bond acceptors (Lipinski definition) is 2. The summed E-state index contributed by atoms with van der Waals surface area (Å²) in [5.74, 6) is 1.39. The highest BCUT2D eigenvalue weighted by molar-refractivity contribution is 6.32. The molecule has 0 bridgehead atoms. The van der Waals surface area contributed by atoms with Gasteiger partial charge < -0.3 is 9.84 Å². The van der Waals surface area contributed by atoms with Gasteiger partial charge in [-0.15, -0.1) is 0 Å². The van der Waals surface area contributed by atoms with Crippen LogP contribution < -0.4 is 4.74 Å². The molecular weight excluding hydrogens is 260 g/mol. The quantitative estimate of drug-likeness (QED) is 0.864. The van der Waals surface area contributed by atoms with E-state index in [1.54, 1.807) is 13.0 Å². The van der Waals surface area contributed by atoms with E-state index >= 15 is 0 Å². The molecule has 0 aromatic heterocycles. The van der Waals surface area contributed by atoms with Gasteiger partial charge in [0.15, 0.2) is 0 Å². The molecule has 1 aromatic rings. The van der Waals surface area contributed by atoms with Crippen molar-refractivity contribution in [3.8, 4) is 5.75 Å². The molecule has 0 radical (unpaired) electrons. The predicted molar refractivity (Wildman–Crippen MR) is 78.8 cm³/mol. The number of hydrogen-bond donors (Lipinski definition) is 1. The first kappa shape index (κ1) is 14.7. The first-order chi connectivity index (χ1) is 9.11. The second-order valence-electron chi connectivity index (χ2n) is 5.47. The first-order valence-electron chi connectivity index (χ1n) is 7.26. The average Bonchev–Trinajstić information content (AvgIpc) is 2.41. The van der Waals surface area contributed by atoms with Crippen LogP contribution in [0.4, 0.5) is 0 Å². The van der Waals surface area contributed by atoms with E-state index < -0.39 is 6.10 Å². The van der Waals surface area contributed by atoms with Crippen LogP contribution >= 0.6 is 11.6 Å². The number of benzene rings is 1. The molecule has 1 aromatic carbocycles. The first-order valence-corrected chi connectivity index (χ1v) is 7.63. The van der Waals surface area contributed by atoms with Crippen molar-refractivity contribution in [3.63, 3.8) is 0 Å². The Hall–Kier alpha value is -0.730. The Bertz CT molecular complexity index is 417. The van der Waals surface area contributed by atoms with Gasteiger partial charge in [0.25, 0.3) is 0 Å². The Morgan fingerprint density at radius 3 is 2.74 bits per heavy atom. The molecule has 0 spiro atoms. The minimum absolute atomic E-state index is 0.286. The topological polar surface area (TPSA) is 29.5 Å². The van der Waals surface area contributed by atoms with Gasteiger partial charge in [-0.2, -0.15) is 0 Å². The van der Waals surface area contributed by atoms with E-state index in [-0.39, 0.29) is 6.10 Å².